The number of hydrogen-bond donors (Lipinski definition) is 1. The molecule has 0 bridgehead atoms. The van der Waals surface area contributed by atoms with Crippen LogP contribution in [-0.2, 0) is 16.0 Å². The average Bonchev–Trinajstić information content (AvgIpc) is 3.03. The SMILES string of the molecule is COCCN(CCOC)Cc1c(O)ccc2c1O/C(=C\c1ccc(C)cc1)C2=O. The molecule has 0 amide bonds. The normalized spacial score (nSPS) is 14.5. The van der Waals surface area contributed by atoms with Crippen molar-refractivity contribution in [2.24, 2.45) is 0 Å². The molecule has 0 aromatic heterocycles. The van der Waals surface area contributed by atoms with Crippen molar-refractivity contribution in [1.82, 2.24) is 4.90 Å². The summed E-state index contributed by atoms with van der Waals surface area (Å²) in [4.78, 5) is 14.9. The molecule has 0 aliphatic carbocycles. The number of phenolic OH excluding ortho intramolecular Hbond substituents is 1. The number of fused-ring (bicyclic) bond motifs is 1. The summed E-state index contributed by atoms with van der Waals surface area (Å²) in [6, 6.07) is 11.0. The first-order chi connectivity index (χ1) is 14.0. The third kappa shape index (κ3) is 5.03. The second kappa shape index (κ2) is 9.69. The Morgan fingerprint density at radius 3 is 2.31 bits per heavy atom. The maximum Gasteiger partial charge on any atom is 0.231 e. The van der Waals surface area contributed by atoms with Crippen molar-refractivity contribution < 1.29 is 24.1 Å². The van der Waals surface area contributed by atoms with Crippen LogP contribution >= 0.6 is 0 Å². The number of nitrogens with zero attached hydrogens (tertiary/aromatic N) is 1. The highest BCUT2D eigenvalue weighted by Gasteiger charge is 2.31. The van der Waals surface area contributed by atoms with E-state index in [9.17, 15) is 9.90 Å². The Balaban J connectivity index is 1.88. The van der Waals surface area contributed by atoms with E-state index in [2.05, 4.69) is 4.90 Å². The molecule has 2 aromatic rings. The summed E-state index contributed by atoms with van der Waals surface area (Å²) in [6.45, 7) is 4.88. The summed E-state index contributed by atoms with van der Waals surface area (Å²) >= 11 is 0. The monoisotopic (exact) mass is 397 g/mol. The summed E-state index contributed by atoms with van der Waals surface area (Å²) in [7, 11) is 3.30. The predicted octanol–water partition coefficient (Wildman–Crippen LogP) is 3.41. The van der Waals surface area contributed by atoms with E-state index in [0.717, 1.165) is 11.1 Å². The number of carbonyl (C=O) groups is 1. The van der Waals surface area contributed by atoms with Crippen molar-refractivity contribution in [1.29, 1.82) is 0 Å². The number of ketones is 1. The van der Waals surface area contributed by atoms with Gasteiger partial charge in [0.05, 0.1) is 24.3 Å². The molecule has 1 N–H and O–H groups in total. The molecule has 1 heterocycles. The van der Waals surface area contributed by atoms with Crippen LogP contribution < -0.4 is 4.74 Å². The third-order valence-corrected chi connectivity index (χ3v) is 4.90. The van der Waals surface area contributed by atoms with Gasteiger partial charge in [-0.3, -0.25) is 9.69 Å². The van der Waals surface area contributed by atoms with Crippen molar-refractivity contribution in [3.63, 3.8) is 0 Å². The van der Waals surface area contributed by atoms with Gasteiger partial charge < -0.3 is 19.3 Å². The molecule has 0 saturated carbocycles. The Labute approximate surface area is 171 Å². The Morgan fingerprint density at radius 1 is 1.03 bits per heavy atom. The Morgan fingerprint density at radius 2 is 1.69 bits per heavy atom. The van der Waals surface area contributed by atoms with Gasteiger partial charge in [-0.25, -0.2) is 0 Å². The number of methoxy groups -OCH3 is 2. The summed E-state index contributed by atoms with van der Waals surface area (Å²) in [5, 5.41) is 10.5. The number of hydrogen-bond acceptors (Lipinski definition) is 6. The molecule has 1 aliphatic rings. The van der Waals surface area contributed by atoms with Gasteiger partial charge in [0.1, 0.15) is 11.5 Å². The number of allylic oxidation sites excluding steroid dienone is 1. The number of rotatable bonds is 9. The van der Waals surface area contributed by atoms with Crippen LogP contribution in [0.3, 0.4) is 0 Å². The van der Waals surface area contributed by atoms with Gasteiger partial charge in [-0.1, -0.05) is 29.8 Å². The van der Waals surface area contributed by atoms with Crippen LogP contribution in [-0.4, -0.2) is 56.3 Å². The van der Waals surface area contributed by atoms with Crippen molar-refractivity contribution in [2.45, 2.75) is 13.5 Å². The molecule has 0 radical (unpaired) electrons. The number of Topliss-reactive ketones (excluding diaryl/α,β-unsaturated/α-hetero) is 1. The van der Waals surface area contributed by atoms with E-state index >= 15 is 0 Å². The summed E-state index contributed by atoms with van der Waals surface area (Å²) < 4.78 is 16.3. The Hall–Kier alpha value is -2.67. The van der Waals surface area contributed by atoms with Gasteiger partial charge in [-0.15, -0.1) is 0 Å². The molecule has 1 aliphatic heterocycles. The number of aryl methyl sites for hydroxylation is 1. The van der Waals surface area contributed by atoms with Gasteiger partial charge in [-0.05, 0) is 30.7 Å². The van der Waals surface area contributed by atoms with Gasteiger partial charge in [0.2, 0.25) is 5.78 Å². The zero-order valence-corrected chi connectivity index (χ0v) is 17.1. The molecule has 0 spiro atoms. The van der Waals surface area contributed by atoms with Crippen LogP contribution in [0.4, 0.5) is 0 Å². The summed E-state index contributed by atoms with van der Waals surface area (Å²) in [5.41, 5.74) is 3.10. The fourth-order valence-corrected chi connectivity index (χ4v) is 3.20. The third-order valence-electron chi connectivity index (χ3n) is 4.90. The molecule has 154 valence electrons. The minimum atomic E-state index is -0.179. The van der Waals surface area contributed by atoms with Crippen LogP contribution in [0.25, 0.3) is 6.08 Å². The van der Waals surface area contributed by atoms with E-state index in [0.29, 0.717) is 49.7 Å². The highest BCUT2D eigenvalue weighted by atomic mass is 16.5. The largest absolute Gasteiger partial charge is 0.507 e. The minimum Gasteiger partial charge on any atom is -0.507 e. The molecule has 6 nitrogen and oxygen atoms in total. The number of ether oxygens (including phenoxy) is 3. The summed E-state index contributed by atoms with van der Waals surface area (Å²) in [6.07, 6.45) is 1.73. The lowest BCUT2D eigenvalue weighted by atomic mass is 10.0. The van der Waals surface area contributed by atoms with E-state index < -0.39 is 0 Å². The maximum atomic E-state index is 12.8. The van der Waals surface area contributed by atoms with Crippen LogP contribution in [0.5, 0.6) is 11.5 Å². The number of benzene rings is 2. The second-order valence-corrected chi connectivity index (χ2v) is 7.05. The molecule has 0 fully saturated rings. The van der Waals surface area contributed by atoms with Gasteiger partial charge in [-0.2, -0.15) is 0 Å². The molecule has 2 aromatic carbocycles. The zero-order valence-electron chi connectivity index (χ0n) is 17.1. The average molecular weight is 397 g/mol. The standard InChI is InChI=1S/C23H27NO5/c1-16-4-6-17(7-5-16)14-21-22(26)18-8-9-20(25)19(23(18)29-21)15-24(10-12-27-2)11-13-28-3/h4-9,14,25H,10-13,15H2,1-3H3/b21-14-. The number of carbonyl (C=O) groups excluding carboxylic acids is 1. The van der Waals surface area contributed by atoms with Gasteiger partial charge >= 0.3 is 0 Å². The van der Waals surface area contributed by atoms with Crippen molar-refractivity contribution >= 4 is 11.9 Å². The van der Waals surface area contributed by atoms with Gasteiger partial charge in [0.25, 0.3) is 0 Å². The molecule has 3 rings (SSSR count). The highest BCUT2D eigenvalue weighted by molar-refractivity contribution is 6.15. The lowest BCUT2D eigenvalue weighted by Gasteiger charge is -2.23. The van der Waals surface area contributed by atoms with E-state index in [1.54, 1.807) is 32.4 Å². The van der Waals surface area contributed by atoms with Crippen molar-refractivity contribution in [3.05, 3.63) is 64.4 Å². The van der Waals surface area contributed by atoms with Crippen LogP contribution in [0.1, 0.15) is 27.0 Å². The molecule has 0 saturated heterocycles. The lowest BCUT2D eigenvalue weighted by molar-refractivity contribution is 0.101. The van der Waals surface area contributed by atoms with E-state index in [-0.39, 0.29) is 17.3 Å². The molecule has 0 unspecified atom stereocenters. The Bertz CT molecular complexity index is 881. The number of phenols is 1. The van der Waals surface area contributed by atoms with Crippen molar-refractivity contribution in [3.8, 4) is 11.5 Å². The molecule has 29 heavy (non-hydrogen) atoms. The maximum absolute atomic E-state index is 12.8. The van der Waals surface area contributed by atoms with Gasteiger partial charge in [0, 0.05) is 33.9 Å². The molecular weight excluding hydrogens is 370 g/mol. The van der Waals surface area contributed by atoms with Crippen molar-refractivity contribution in [2.75, 3.05) is 40.5 Å². The topological polar surface area (TPSA) is 68.2 Å². The summed E-state index contributed by atoms with van der Waals surface area (Å²) in [5.74, 6) is 0.611. The minimum absolute atomic E-state index is 0.105. The van der Waals surface area contributed by atoms with Crippen LogP contribution in [0.15, 0.2) is 42.2 Å². The second-order valence-electron chi connectivity index (χ2n) is 7.05. The van der Waals surface area contributed by atoms with E-state index in [1.165, 1.54) is 0 Å². The molecular formula is C23H27NO5. The first kappa shape index (κ1) is 21.0. The number of aromatic hydroxyl groups is 1. The quantitative estimate of drug-likeness (QED) is 0.654. The smallest absolute Gasteiger partial charge is 0.231 e. The lowest BCUT2D eigenvalue weighted by Crippen LogP contribution is -2.30. The van der Waals surface area contributed by atoms with E-state index in [1.807, 2.05) is 31.2 Å². The highest BCUT2D eigenvalue weighted by Crippen LogP contribution is 2.40. The Kier molecular flexibility index (Phi) is 7.04. The molecule has 0 atom stereocenters. The fraction of sp³-hybridized carbons (Fsp3) is 0.348. The first-order valence-corrected chi connectivity index (χ1v) is 9.59. The fourth-order valence-electron chi connectivity index (χ4n) is 3.20. The molecule has 6 heteroatoms. The zero-order chi connectivity index (χ0) is 20.8. The van der Waals surface area contributed by atoms with Crippen LogP contribution in [0, 0.1) is 6.92 Å². The van der Waals surface area contributed by atoms with Gasteiger partial charge in [0.15, 0.2) is 5.76 Å². The van der Waals surface area contributed by atoms with E-state index in [4.69, 9.17) is 14.2 Å². The predicted molar refractivity (Wildman–Crippen MR) is 111 cm³/mol. The van der Waals surface area contributed by atoms with Crippen LogP contribution in [0.2, 0.25) is 0 Å². The first-order valence-electron chi connectivity index (χ1n) is 9.59.